The maximum atomic E-state index is 13.9. The number of nitrogens with zero attached hydrogens (tertiary/aromatic N) is 5. The van der Waals surface area contributed by atoms with Gasteiger partial charge in [-0.2, -0.15) is 10.2 Å². The van der Waals surface area contributed by atoms with E-state index < -0.39 is 0 Å². The molecule has 0 aliphatic carbocycles. The lowest BCUT2D eigenvalue weighted by Gasteiger charge is -2.32. The first-order valence-electron chi connectivity index (χ1n) is 8.30. The Morgan fingerprint density at radius 2 is 2.08 bits per heavy atom. The lowest BCUT2D eigenvalue weighted by atomic mass is 10.1. The Kier molecular flexibility index (Phi) is 4.05. The quantitative estimate of drug-likeness (QED) is 0.737. The molecule has 1 amide bonds. The summed E-state index contributed by atoms with van der Waals surface area (Å²) in [6, 6.07) is 8.44. The van der Waals surface area contributed by atoms with Crippen molar-refractivity contribution in [2.75, 3.05) is 13.1 Å². The summed E-state index contributed by atoms with van der Waals surface area (Å²) in [6.07, 6.45) is 8.68. The van der Waals surface area contributed by atoms with Gasteiger partial charge in [0, 0.05) is 31.7 Å². The maximum Gasteiger partial charge on any atom is 0.257 e. The lowest BCUT2D eigenvalue weighted by molar-refractivity contribution is 0.0673. The number of hydrogen-bond donors (Lipinski definition) is 0. The van der Waals surface area contributed by atoms with Crippen LogP contribution in [-0.4, -0.2) is 43.5 Å². The highest BCUT2D eigenvalue weighted by Crippen LogP contribution is 2.22. The molecule has 6 nitrogen and oxygen atoms in total. The number of piperidine rings is 1. The van der Waals surface area contributed by atoms with E-state index in [2.05, 4.69) is 10.2 Å². The van der Waals surface area contributed by atoms with Gasteiger partial charge in [-0.25, -0.2) is 9.07 Å². The fraction of sp³-hybridized carbons (Fsp3) is 0.278. The number of halogens is 1. The molecule has 0 unspecified atom stereocenters. The molecule has 0 saturated carbocycles. The number of aromatic nitrogens is 4. The number of carbonyl (C=O) groups is 1. The second-order valence-corrected chi connectivity index (χ2v) is 6.16. The standard InChI is InChI=1S/C18H18FN5O/c19-16-6-1-2-7-17(16)24-12-14(11-21-24)18(25)22-9-3-5-15(13-22)23-10-4-8-20-23/h1-2,4,6-8,10-12,15H,3,5,9,13H2/t15-/m0/s1. The van der Waals surface area contributed by atoms with E-state index in [1.54, 1.807) is 30.6 Å². The molecule has 1 atom stereocenters. The van der Waals surface area contributed by atoms with Gasteiger partial charge in [0.1, 0.15) is 11.5 Å². The van der Waals surface area contributed by atoms with Gasteiger partial charge >= 0.3 is 0 Å². The van der Waals surface area contributed by atoms with E-state index in [9.17, 15) is 9.18 Å². The third-order valence-electron chi connectivity index (χ3n) is 4.51. The monoisotopic (exact) mass is 339 g/mol. The van der Waals surface area contributed by atoms with Gasteiger partial charge in [-0.15, -0.1) is 0 Å². The van der Waals surface area contributed by atoms with Gasteiger partial charge in [0.25, 0.3) is 5.91 Å². The Bertz CT molecular complexity index is 873. The third kappa shape index (κ3) is 3.05. The van der Waals surface area contributed by atoms with Crippen LogP contribution in [0.3, 0.4) is 0 Å². The number of amides is 1. The maximum absolute atomic E-state index is 13.9. The van der Waals surface area contributed by atoms with Crippen LogP contribution in [-0.2, 0) is 0 Å². The Morgan fingerprint density at radius 3 is 2.88 bits per heavy atom. The van der Waals surface area contributed by atoms with E-state index >= 15 is 0 Å². The van der Waals surface area contributed by atoms with Crippen molar-refractivity contribution in [3.8, 4) is 5.69 Å². The minimum absolute atomic E-state index is 0.0838. The minimum atomic E-state index is -0.374. The zero-order valence-electron chi connectivity index (χ0n) is 13.6. The van der Waals surface area contributed by atoms with Gasteiger partial charge in [-0.3, -0.25) is 9.48 Å². The molecule has 1 aromatic carbocycles. The molecule has 2 aromatic heterocycles. The van der Waals surface area contributed by atoms with Crippen molar-refractivity contribution < 1.29 is 9.18 Å². The van der Waals surface area contributed by atoms with E-state index in [0.717, 1.165) is 12.8 Å². The third-order valence-corrected chi connectivity index (χ3v) is 4.51. The summed E-state index contributed by atoms with van der Waals surface area (Å²) in [7, 11) is 0. The Labute approximate surface area is 144 Å². The van der Waals surface area contributed by atoms with Gasteiger partial charge < -0.3 is 4.90 Å². The second kappa shape index (κ2) is 6.51. The zero-order valence-corrected chi connectivity index (χ0v) is 13.6. The SMILES string of the molecule is O=C(c1cnn(-c2ccccc2F)c1)N1CCC[C@H](n2cccn2)C1. The molecule has 7 heteroatoms. The van der Waals surface area contributed by atoms with Crippen LogP contribution < -0.4 is 0 Å². The summed E-state index contributed by atoms with van der Waals surface area (Å²) in [6.45, 7) is 1.33. The molecule has 3 aromatic rings. The molecular formula is C18H18FN5O. The molecule has 0 N–H and O–H groups in total. The molecule has 0 bridgehead atoms. The van der Waals surface area contributed by atoms with Gasteiger partial charge in [0.05, 0.1) is 17.8 Å². The van der Waals surface area contributed by atoms with E-state index in [1.165, 1.54) is 16.9 Å². The first kappa shape index (κ1) is 15.6. The van der Waals surface area contributed by atoms with Crippen LogP contribution >= 0.6 is 0 Å². The summed E-state index contributed by atoms with van der Waals surface area (Å²) in [5.74, 6) is -0.458. The molecule has 3 heterocycles. The fourth-order valence-electron chi connectivity index (χ4n) is 3.24. The Morgan fingerprint density at radius 1 is 1.20 bits per heavy atom. The molecule has 1 aliphatic heterocycles. The number of benzene rings is 1. The smallest absolute Gasteiger partial charge is 0.257 e. The van der Waals surface area contributed by atoms with Crippen LogP contribution in [0.2, 0.25) is 0 Å². The van der Waals surface area contributed by atoms with E-state index in [-0.39, 0.29) is 17.8 Å². The first-order chi connectivity index (χ1) is 12.2. The Balaban J connectivity index is 1.52. The lowest BCUT2D eigenvalue weighted by Crippen LogP contribution is -2.40. The van der Waals surface area contributed by atoms with Crippen molar-refractivity contribution in [3.63, 3.8) is 0 Å². The van der Waals surface area contributed by atoms with Gasteiger partial charge in [0.2, 0.25) is 0 Å². The average Bonchev–Trinajstić information content (AvgIpc) is 3.34. The second-order valence-electron chi connectivity index (χ2n) is 6.16. The summed E-state index contributed by atoms with van der Waals surface area (Å²) >= 11 is 0. The number of likely N-dealkylation sites (tertiary alicyclic amines) is 1. The van der Waals surface area contributed by atoms with Crippen LogP contribution in [0.4, 0.5) is 4.39 Å². The molecule has 1 fully saturated rings. The van der Waals surface area contributed by atoms with Crippen molar-refractivity contribution in [3.05, 3.63) is 66.5 Å². The molecule has 1 aliphatic rings. The zero-order chi connectivity index (χ0) is 17.2. The first-order valence-corrected chi connectivity index (χ1v) is 8.30. The van der Waals surface area contributed by atoms with Crippen molar-refractivity contribution in [1.29, 1.82) is 0 Å². The van der Waals surface area contributed by atoms with Crippen molar-refractivity contribution >= 4 is 5.91 Å². The number of hydrogen-bond acceptors (Lipinski definition) is 3. The van der Waals surface area contributed by atoms with Gasteiger partial charge in [-0.1, -0.05) is 12.1 Å². The summed E-state index contributed by atoms with van der Waals surface area (Å²) in [5.41, 5.74) is 0.791. The normalized spacial score (nSPS) is 17.6. The predicted molar refractivity (Wildman–Crippen MR) is 89.9 cm³/mol. The van der Waals surface area contributed by atoms with Crippen LogP contribution in [0.5, 0.6) is 0 Å². The number of rotatable bonds is 3. The highest BCUT2D eigenvalue weighted by molar-refractivity contribution is 5.93. The minimum Gasteiger partial charge on any atom is -0.336 e. The van der Waals surface area contributed by atoms with Crippen LogP contribution in [0, 0.1) is 5.82 Å². The van der Waals surface area contributed by atoms with Crippen molar-refractivity contribution in [2.24, 2.45) is 0 Å². The summed E-state index contributed by atoms with van der Waals surface area (Å²) < 4.78 is 17.2. The topological polar surface area (TPSA) is 56.0 Å². The van der Waals surface area contributed by atoms with Crippen molar-refractivity contribution in [1.82, 2.24) is 24.5 Å². The largest absolute Gasteiger partial charge is 0.336 e. The molecule has 1 saturated heterocycles. The van der Waals surface area contributed by atoms with Gasteiger partial charge in [-0.05, 0) is 31.0 Å². The molecule has 25 heavy (non-hydrogen) atoms. The van der Waals surface area contributed by atoms with Crippen LogP contribution in [0.1, 0.15) is 29.2 Å². The van der Waals surface area contributed by atoms with Crippen LogP contribution in [0.25, 0.3) is 5.69 Å². The fourth-order valence-corrected chi connectivity index (χ4v) is 3.24. The van der Waals surface area contributed by atoms with E-state index in [1.807, 2.05) is 21.8 Å². The van der Waals surface area contributed by atoms with E-state index in [0.29, 0.717) is 24.3 Å². The molecule has 128 valence electrons. The molecule has 4 rings (SSSR count). The summed E-state index contributed by atoms with van der Waals surface area (Å²) in [4.78, 5) is 14.6. The van der Waals surface area contributed by atoms with E-state index in [4.69, 9.17) is 0 Å². The average molecular weight is 339 g/mol. The molecule has 0 radical (unpaired) electrons. The molecule has 0 spiro atoms. The Hall–Kier alpha value is -2.96. The van der Waals surface area contributed by atoms with Crippen LogP contribution in [0.15, 0.2) is 55.1 Å². The highest BCUT2D eigenvalue weighted by atomic mass is 19.1. The molecular weight excluding hydrogens is 321 g/mol. The number of carbonyl (C=O) groups excluding carboxylic acids is 1. The predicted octanol–water partition coefficient (Wildman–Crippen LogP) is 2.69. The van der Waals surface area contributed by atoms with Crippen molar-refractivity contribution in [2.45, 2.75) is 18.9 Å². The van der Waals surface area contributed by atoms with Gasteiger partial charge in [0.15, 0.2) is 0 Å². The number of para-hydroxylation sites is 1. The highest BCUT2D eigenvalue weighted by Gasteiger charge is 2.26. The summed E-state index contributed by atoms with van der Waals surface area (Å²) in [5, 5.41) is 8.42.